The molecule has 8 rings (SSSR count). The smallest absolute Gasteiger partial charge is 0.0231 e. The summed E-state index contributed by atoms with van der Waals surface area (Å²) in [6.45, 7) is 11.0. The molecule has 0 spiro atoms. The summed E-state index contributed by atoms with van der Waals surface area (Å²) >= 11 is 0. The van der Waals surface area contributed by atoms with E-state index in [9.17, 15) is 0 Å². The summed E-state index contributed by atoms with van der Waals surface area (Å²) in [4.78, 5) is 0. The minimum absolute atomic E-state index is 0. The van der Waals surface area contributed by atoms with Crippen LogP contribution in [0.4, 0.5) is 0 Å². The van der Waals surface area contributed by atoms with Gasteiger partial charge in [0.25, 0.3) is 0 Å². The predicted molar refractivity (Wildman–Crippen MR) is 219 cm³/mol. The van der Waals surface area contributed by atoms with E-state index in [1.807, 2.05) is 5.57 Å². The average molecular weight is 677 g/mol. The van der Waals surface area contributed by atoms with Gasteiger partial charge in [0, 0.05) is 0 Å². The molecule has 8 saturated carbocycles. The maximum Gasteiger partial charge on any atom is -0.0231 e. The molecule has 0 aromatic carbocycles. The molecule has 49 heavy (non-hydrogen) atoms. The average Bonchev–Trinajstić information content (AvgIpc) is 3.53. The summed E-state index contributed by atoms with van der Waals surface area (Å²) in [5.41, 5.74) is 1.83. The second-order valence-corrected chi connectivity index (χ2v) is 19.0. The molecule has 8 fully saturated rings. The van der Waals surface area contributed by atoms with Crippen molar-refractivity contribution < 1.29 is 0 Å². The molecule has 0 aromatic heterocycles. The van der Waals surface area contributed by atoms with E-state index >= 15 is 0 Å². The topological polar surface area (TPSA) is 0 Å². The van der Waals surface area contributed by atoms with Gasteiger partial charge in [-0.05, 0) is 217 Å². The Hall–Kier alpha value is -0.520. The number of allylic oxidation sites excluding steroid dienone is 2. The molecule has 0 N–H and O–H groups in total. The van der Waals surface area contributed by atoms with E-state index in [4.69, 9.17) is 0 Å². The number of hydrogen-bond donors (Lipinski definition) is 0. The van der Waals surface area contributed by atoms with Crippen molar-refractivity contribution in [3.63, 3.8) is 0 Å². The molecule has 13 unspecified atom stereocenters. The summed E-state index contributed by atoms with van der Waals surface area (Å²) < 4.78 is 0. The zero-order valence-corrected chi connectivity index (χ0v) is 30.8. The first-order valence-electron chi connectivity index (χ1n) is 21.9. The highest BCUT2D eigenvalue weighted by Gasteiger charge is 2.56. The fraction of sp³-hybridized carbons (Fsp3) is 0.918. The van der Waals surface area contributed by atoms with Gasteiger partial charge in [-0.2, -0.15) is 0 Å². The molecule has 8 aliphatic carbocycles. The minimum Gasteiger partial charge on any atom is -0.106 e. The van der Waals surface area contributed by atoms with Gasteiger partial charge in [0.2, 0.25) is 0 Å². The third-order valence-corrected chi connectivity index (χ3v) is 17.5. The van der Waals surface area contributed by atoms with E-state index in [-0.39, 0.29) is 22.3 Å². The molecular weight excluding hydrogens is 589 g/mol. The van der Waals surface area contributed by atoms with Crippen LogP contribution in [0, 0.1) is 88.8 Å². The largest absolute Gasteiger partial charge is 0.106 e. The first-order chi connectivity index (χ1) is 22.7. The van der Waals surface area contributed by atoms with Crippen LogP contribution in [-0.4, -0.2) is 0 Å². The Morgan fingerprint density at radius 2 is 1.02 bits per heavy atom. The molecule has 13 atom stereocenters. The maximum atomic E-state index is 3.00. The number of fused-ring (bicyclic) bond motifs is 1. The third kappa shape index (κ3) is 8.50. The van der Waals surface area contributed by atoms with Gasteiger partial charge in [-0.15, -0.1) is 13.2 Å². The molecule has 0 aromatic rings. The van der Waals surface area contributed by atoms with Crippen molar-refractivity contribution in [3.05, 3.63) is 24.8 Å². The lowest BCUT2D eigenvalue weighted by atomic mass is 9.43. The van der Waals surface area contributed by atoms with Gasteiger partial charge in [-0.1, -0.05) is 79.9 Å². The highest BCUT2D eigenvalue weighted by atomic mass is 14.6. The van der Waals surface area contributed by atoms with Crippen LogP contribution in [0.25, 0.3) is 0 Å². The second kappa shape index (κ2) is 19.0. The first-order valence-corrected chi connectivity index (χ1v) is 21.9. The standard InChI is InChI=1S/C44H72.C2H4.3CH4/c1-3-30(28-37-11-6-8-29(37)2)14-15-34-20-21-35-22-23-36-24-25-40(42-27-26-41(34)43(35)44(36)42)33-18-16-32(17-19-33)39-13-7-10-31-9-4-5-12-38(31)39;1-2;;;/h28-36,38-44H,3-27H2,1-2H3;1-2H2;3*1H4/b37-28-;;;;. The molecule has 0 nitrogen and oxygen atoms in total. The van der Waals surface area contributed by atoms with Gasteiger partial charge in [0.05, 0.1) is 0 Å². The molecule has 284 valence electrons. The van der Waals surface area contributed by atoms with Crippen LogP contribution in [-0.2, 0) is 0 Å². The molecule has 0 aliphatic heterocycles. The van der Waals surface area contributed by atoms with E-state index < -0.39 is 0 Å². The van der Waals surface area contributed by atoms with Crippen molar-refractivity contribution in [2.24, 2.45) is 88.8 Å². The van der Waals surface area contributed by atoms with E-state index in [0.29, 0.717) is 0 Å². The van der Waals surface area contributed by atoms with Crippen molar-refractivity contribution >= 4 is 0 Å². The Labute approximate surface area is 309 Å². The highest BCUT2D eigenvalue weighted by Crippen LogP contribution is 2.64. The van der Waals surface area contributed by atoms with Crippen LogP contribution in [0.1, 0.15) is 197 Å². The Bertz CT molecular complexity index is 980. The predicted octanol–water partition coefficient (Wildman–Crippen LogP) is 15.8. The van der Waals surface area contributed by atoms with Crippen LogP contribution < -0.4 is 0 Å². The fourth-order valence-electron chi connectivity index (χ4n) is 15.4. The van der Waals surface area contributed by atoms with E-state index in [2.05, 4.69) is 33.1 Å². The molecular formula is C49H88. The maximum absolute atomic E-state index is 3.00. The summed E-state index contributed by atoms with van der Waals surface area (Å²) in [6.07, 6.45) is 42.0. The third-order valence-electron chi connectivity index (χ3n) is 17.5. The van der Waals surface area contributed by atoms with E-state index in [0.717, 1.165) is 88.8 Å². The summed E-state index contributed by atoms with van der Waals surface area (Å²) in [7, 11) is 0. The summed E-state index contributed by atoms with van der Waals surface area (Å²) in [6, 6.07) is 0. The van der Waals surface area contributed by atoms with Crippen LogP contribution >= 0.6 is 0 Å². The van der Waals surface area contributed by atoms with Crippen LogP contribution in [0.15, 0.2) is 24.8 Å². The number of hydrogen-bond acceptors (Lipinski definition) is 0. The van der Waals surface area contributed by atoms with Crippen LogP contribution in [0.5, 0.6) is 0 Å². The second-order valence-electron chi connectivity index (χ2n) is 19.0. The highest BCUT2D eigenvalue weighted by molar-refractivity contribution is 5.12. The summed E-state index contributed by atoms with van der Waals surface area (Å²) in [5, 5.41) is 0. The molecule has 0 amide bonds. The lowest BCUT2D eigenvalue weighted by molar-refractivity contribution is -0.127. The zero-order chi connectivity index (χ0) is 31.6. The first kappa shape index (κ1) is 41.2. The Morgan fingerprint density at radius 3 is 1.67 bits per heavy atom. The molecule has 0 heteroatoms. The SMILES string of the molecule is C.C.C.C=C.CCC(/C=C1/CCCC1C)CCC1CCC2CCC3CCC(C4CCC(C5CCCC6CCCCC65)CC4)C4CCC1C2C34. The van der Waals surface area contributed by atoms with Gasteiger partial charge in [-0.3, -0.25) is 0 Å². The molecule has 0 saturated heterocycles. The Balaban J connectivity index is 0.00000106. The van der Waals surface area contributed by atoms with Crippen molar-refractivity contribution in [1.29, 1.82) is 0 Å². The van der Waals surface area contributed by atoms with Crippen molar-refractivity contribution in [1.82, 2.24) is 0 Å². The quantitative estimate of drug-likeness (QED) is 0.235. The zero-order valence-electron chi connectivity index (χ0n) is 30.8. The molecule has 8 aliphatic rings. The molecule has 0 bridgehead atoms. The van der Waals surface area contributed by atoms with Crippen molar-refractivity contribution in [3.8, 4) is 0 Å². The fourth-order valence-corrected chi connectivity index (χ4v) is 15.4. The lowest BCUT2D eigenvalue weighted by Crippen LogP contribution is -2.54. The van der Waals surface area contributed by atoms with E-state index in [1.54, 1.807) is 128 Å². The van der Waals surface area contributed by atoms with Gasteiger partial charge in [0.15, 0.2) is 0 Å². The molecule has 0 heterocycles. The Morgan fingerprint density at radius 1 is 0.531 bits per heavy atom. The monoisotopic (exact) mass is 677 g/mol. The normalized spacial score (nSPS) is 45.5. The van der Waals surface area contributed by atoms with Crippen LogP contribution in [0.2, 0.25) is 0 Å². The van der Waals surface area contributed by atoms with Gasteiger partial charge in [0.1, 0.15) is 0 Å². The molecule has 0 radical (unpaired) electrons. The van der Waals surface area contributed by atoms with Gasteiger partial charge < -0.3 is 0 Å². The van der Waals surface area contributed by atoms with Crippen LogP contribution in [0.3, 0.4) is 0 Å². The van der Waals surface area contributed by atoms with Gasteiger partial charge in [-0.25, -0.2) is 0 Å². The lowest BCUT2D eigenvalue weighted by Gasteiger charge is -2.62. The summed E-state index contributed by atoms with van der Waals surface area (Å²) in [5.74, 6) is 16.3. The van der Waals surface area contributed by atoms with E-state index in [1.165, 1.54) is 32.1 Å². The Kier molecular flexibility index (Phi) is 16.0. The van der Waals surface area contributed by atoms with Crippen molar-refractivity contribution in [2.45, 2.75) is 197 Å². The van der Waals surface area contributed by atoms with Gasteiger partial charge >= 0.3 is 0 Å². The minimum atomic E-state index is 0. The van der Waals surface area contributed by atoms with Crippen molar-refractivity contribution in [2.75, 3.05) is 0 Å². The number of rotatable bonds is 7.